The number of carboxylic acid groups (broad SMARTS) is 2. The maximum Gasteiger partial charge on any atom is 0.471 e. The van der Waals surface area contributed by atoms with E-state index in [4.69, 9.17) is 0 Å². The molecule has 0 amide bonds. The predicted molar refractivity (Wildman–Crippen MR) is 87.0 cm³/mol. The Balaban J connectivity index is 1.63. The van der Waals surface area contributed by atoms with E-state index in [1.807, 2.05) is 4.90 Å². The van der Waals surface area contributed by atoms with Crippen molar-refractivity contribution >= 4 is 11.9 Å². The van der Waals surface area contributed by atoms with E-state index in [0.29, 0.717) is 25.2 Å². The Morgan fingerprint density at radius 1 is 1.11 bits per heavy atom. The van der Waals surface area contributed by atoms with E-state index in [1.165, 1.54) is 0 Å². The number of hydrogen-bond donors (Lipinski definition) is 2. The van der Waals surface area contributed by atoms with E-state index >= 15 is 0 Å². The number of hydrogen-bond acceptors (Lipinski definition) is 6. The first kappa shape index (κ1) is 19.8. The van der Waals surface area contributed by atoms with Crippen molar-refractivity contribution < 1.29 is 37.5 Å². The molecular formula is C17H16F3N3O5. The summed E-state index contributed by atoms with van der Waals surface area (Å²) in [4.78, 5) is 27.9. The Morgan fingerprint density at radius 2 is 1.68 bits per heavy atom. The first-order valence-corrected chi connectivity index (χ1v) is 8.31. The van der Waals surface area contributed by atoms with Crippen molar-refractivity contribution in [1.82, 2.24) is 15.0 Å². The number of nitrogens with zero attached hydrogens (tertiary/aromatic N) is 3. The molecule has 0 spiro atoms. The molecule has 150 valence electrons. The quantitative estimate of drug-likeness (QED) is 0.737. The highest BCUT2D eigenvalue weighted by Crippen LogP contribution is 2.33. The van der Waals surface area contributed by atoms with Crippen molar-refractivity contribution in [2.24, 2.45) is 5.41 Å². The molecule has 0 radical (unpaired) electrons. The van der Waals surface area contributed by atoms with Crippen molar-refractivity contribution in [3.63, 3.8) is 0 Å². The van der Waals surface area contributed by atoms with Crippen molar-refractivity contribution in [3.8, 4) is 11.4 Å². The van der Waals surface area contributed by atoms with Crippen LogP contribution in [0.25, 0.3) is 11.4 Å². The van der Waals surface area contributed by atoms with Crippen LogP contribution in [-0.4, -0.2) is 50.3 Å². The smallest absolute Gasteiger partial charge is 0.471 e. The molecular weight excluding hydrogens is 383 g/mol. The van der Waals surface area contributed by atoms with Crippen molar-refractivity contribution in [2.75, 3.05) is 13.1 Å². The summed E-state index contributed by atoms with van der Waals surface area (Å²) in [6.45, 7) is 1.07. The number of carboxylic acids is 2. The van der Waals surface area contributed by atoms with E-state index in [9.17, 15) is 33.0 Å². The zero-order valence-corrected chi connectivity index (χ0v) is 14.4. The van der Waals surface area contributed by atoms with Gasteiger partial charge in [0.15, 0.2) is 5.41 Å². The van der Waals surface area contributed by atoms with Gasteiger partial charge in [-0.15, -0.1) is 0 Å². The summed E-state index contributed by atoms with van der Waals surface area (Å²) in [6.07, 6.45) is -4.71. The van der Waals surface area contributed by atoms with Gasteiger partial charge in [0.1, 0.15) is 0 Å². The van der Waals surface area contributed by atoms with Gasteiger partial charge >= 0.3 is 24.0 Å². The van der Waals surface area contributed by atoms with E-state index in [2.05, 4.69) is 14.7 Å². The van der Waals surface area contributed by atoms with Crippen LogP contribution in [-0.2, 0) is 22.3 Å². The molecule has 1 fully saturated rings. The Labute approximate surface area is 156 Å². The SMILES string of the molecule is O=C(O)C1(C(=O)O)CCN(Cc2ccc(-c3noc(C(F)(F)F)n3)cc2)CC1. The lowest BCUT2D eigenvalue weighted by molar-refractivity contribution is -0.168. The summed E-state index contributed by atoms with van der Waals surface area (Å²) in [5, 5.41) is 21.8. The molecule has 0 aliphatic carbocycles. The van der Waals surface area contributed by atoms with Gasteiger partial charge in [-0.05, 0) is 18.4 Å². The van der Waals surface area contributed by atoms with Gasteiger partial charge in [-0.2, -0.15) is 18.2 Å². The van der Waals surface area contributed by atoms with E-state index in [-0.39, 0.29) is 18.7 Å². The number of piperidine rings is 1. The first-order chi connectivity index (χ1) is 13.1. The highest BCUT2D eigenvalue weighted by Gasteiger charge is 2.48. The molecule has 11 heteroatoms. The van der Waals surface area contributed by atoms with Gasteiger partial charge in [0.25, 0.3) is 0 Å². The molecule has 28 heavy (non-hydrogen) atoms. The molecule has 0 bridgehead atoms. The number of alkyl halides is 3. The summed E-state index contributed by atoms with van der Waals surface area (Å²) >= 11 is 0. The number of halogens is 3. The molecule has 0 saturated carbocycles. The maximum absolute atomic E-state index is 12.5. The molecule has 1 saturated heterocycles. The minimum Gasteiger partial charge on any atom is -0.480 e. The summed E-state index contributed by atoms with van der Waals surface area (Å²) < 4.78 is 41.8. The van der Waals surface area contributed by atoms with Crippen molar-refractivity contribution in [3.05, 3.63) is 35.7 Å². The van der Waals surface area contributed by atoms with E-state index in [0.717, 1.165) is 5.56 Å². The predicted octanol–water partition coefficient (Wildman–Crippen LogP) is 2.51. The normalized spacial score (nSPS) is 17.4. The largest absolute Gasteiger partial charge is 0.480 e. The lowest BCUT2D eigenvalue weighted by Crippen LogP contribution is -2.48. The fraction of sp³-hybridized carbons (Fsp3) is 0.412. The molecule has 2 heterocycles. The Kier molecular flexibility index (Phi) is 5.11. The van der Waals surface area contributed by atoms with Gasteiger partial charge in [-0.1, -0.05) is 29.4 Å². The summed E-state index contributed by atoms with van der Waals surface area (Å²) in [5.74, 6) is -4.26. The Morgan fingerprint density at radius 3 is 2.14 bits per heavy atom. The number of aromatic nitrogens is 2. The van der Waals surface area contributed by atoms with Gasteiger partial charge in [0, 0.05) is 25.2 Å². The van der Waals surface area contributed by atoms with Gasteiger partial charge in [0.05, 0.1) is 0 Å². The third-order valence-corrected chi connectivity index (χ3v) is 4.82. The summed E-state index contributed by atoms with van der Waals surface area (Å²) in [5.41, 5.74) is -0.561. The molecule has 1 aliphatic heterocycles. The van der Waals surface area contributed by atoms with Gasteiger partial charge in [0.2, 0.25) is 5.82 Å². The lowest BCUT2D eigenvalue weighted by Gasteiger charge is -2.36. The number of carbonyl (C=O) groups is 2. The zero-order chi connectivity index (χ0) is 20.5. The molecule has 2 aromatic rings. The highest BCUT2D eigenvalue weighted by molar-refractivity contribution is 5.98. The fourth-order valence-corrected chi connectivity index (χ4v) is 3.09. The maximum atomic E-state index is 12.5. The van der Waals surface area contributed by atoms with Gasteiger partial charge < -0.3 is 14.7 Å². The highest BCUT2D eigenvalue weighted by atomic mass is 19.4. The van der Waals surface area contributed by atoms with E-state index in [1.54, 1.807) is 24.3 Å². The molecule has 8 nitrogen and oxygen atoms in total. The van der Waals surface area contributed by atoms with Crippen LogP contribution in [0.5, 0.6) is 0 Å². The van der Waals surface area contributed by atoms with Crippen LogP contribution in [0.15, 0.2) is 28.8 Å². The number of benzene rings is 1. The summed E-state index contributed by atoms with van der Waals surface area (Å²) in [7, 11) is 0. The lowest BCUT2D eigenvalue weighted by atomic mass is 9.78. The second kappa shape index (κ2) is 7.23. The third-order valence-electron chi connectivity index (χ3n) is 4.82. The third kappa shape index (κ3) is 3.84. The minimum atomic E-state index is -4.71. The van der Waals surface area contributed by atoms with Crippen LogP contribution in [0.2, 0.25) is 0 Å². The molecule has 3 rings (SSSR count). The Hall–Kier alpha value is -2.95. The second-order valence-electron chi connectivity index (χ2n) is 6.59. The monoisotopic (exact) mass is 399 g/mol. The van der Waals surface area contributed by atoms with Crippen LogP contribution < -0.4 is 0 Å². The Bertz CT molecular complexity index is 855. The number of likely N-dealkylation sites (tertiary alicyclic amines) is 1. The molecule has 1 aromatic heterocycles. The van der Waals surface area contributed by atoms with Crippen molar-refractivity contribution in [2.45, 2.75) is 25.6 Å². The molecule has 0 atom stereocenters. The van der Waals surface area contributed by atoms with Gasteiger partial charge in [-0.25, -0.2) is 0 Å². The fourth-order valence-electron chi connectivity index (χ4n) is 3.09. The minimum absolute atomic E-state index is 0.00116. The van der Waals surface area contributed by atoms with E-state index < -0.39 is 29.4 Å². The number of rotatable bonds is 5. The molecule has 2 N–H and O–H groups in total. The zero-order valence-electron chi connectivity index (χ0n) is 14.4. The van der Waals surface area contributed by atoms with Crippen LogP contribution in [0.3, 0.4) is 0 Å². The summed E-state index contributed by atoms with van der Waals surface area (Å²) in [6, 6.07) is 6.50. The molecule has 1 aliphatic rings. The number of aliphatic carboxylic acids is 2. The van der Waals surface area contributed by atoms with Gasteiger partial charge in [-0.3, -0.25) is 14.5 Å². The topological polar surface area (TPSA) is 117 Å². The molecule has 1 aromatic carbocycles. The second-order valence-corrected chi connectivity index (χ2v) is 6.59. The van der Waals surface area contributed by atoms with Crippen LogP contribution in [0, 0.1) is 5.41 Å². The first-order valence-electron chi connectivity index (χ1n) is 8.31. The standard InChI is InChI=1S/C17H16F3N3O5/c18-17(19,20)13-21-12(22-28-13)11-3-1-10(2-4-11)9-23-7-5-16(6-8-23,14(24)25)15(26)27/h1-4H,5-9H2,(H,24,25)(H,26,27). The average Bonchev–Trinajstić information content (AvgIpc) is 3.13. The average molecular weight is 399 g/mol. The molecule has 0 unspecified atom stereocenters. The van der Waals surface area contributed by atoms with Crippen LogP contribution in [0.1, 0.15) is 24.3 Å². The van der Waals surface area contributed by atoms with Crippen molar-refractivity contribution in [1.29, 1.82) is 0 Å². The van der Waals surface area contributed by atoms with Crippen LogP contribution >= 0.6 is 0 Å². The van der Waals surface area contributed by atoms with Crippen LogP contribution in [0.4, 0.5) is 13.2 Å².